The van der Waals surface area contributed by atoms with Gasteiger partial charge >= 0.3 is 5.97 Å². The summed E-state index contributed by atoms with van der Waals surface area (Å²) in [6.45, 7) is 9.11. The van der Waals surface area contributed by atoms with Crippen LogP contribution in [0, 0.1) is 11.3 Å². The summed E-state index contributed by atoms with van der Waals surface area (Å²) in [4.78, 5) is 19.7. The molecule has 0 radical (unpaired) electrons. The number of carbonyl (C=O) groups is 1. The molecular formula is C18H24N2O2. The lowest BCUT2D eigenvalue weighted by molar-refractivity contribution is 0.0520. The molecule has 0 bridgehead atoms. The van der Waals surface area contributed by atoms with E-state index in [-0.39, 0.29) is 5.97 Å². The SMILES string of the molecule is CCOC(=O)c1cc2nc3c(cc2[nH]1)C[C@H](C(C)(C)C)CC3. The average Bonchev–Trinajstić information content (AvgIpc) is 2.86. The van der Waals surface area contributed by atoms with Crippen molar-refractivity contribution in [2.45, 2.75) is 47.0 Å². The van der Waals surface area contributed by atoms with Gasteiger partial charge in [0, 0.05) is 5.69 Å². The number of aromatic nitrogens is 2. The molecule has 0 aromatic carbocycles. The number of aromatic amines is 1. The molecule has 4 heteroatoms. The van der Waals surface area contributed by atoms with E-state index in [4.69, 9.17) is 9.72 Å². The largest absolute Gasteiger partial charge is 0.461 e. The molecule has 118 valence electrons. The van der Waals surface area contributed by atoms with Crippen molar-refractivity contribution in [1.29, 1.82) is 0 Å². The third-order valence-corrected chi connectivity index (χ3v) is 4.69. The number of H-pyrrole nitrogens is 1. The van der Waals surface area contributed by atoms with Crippen LogP contribution in [0.4, 0.5) is 0 Å². The predicted octanol–water partition coefficient (Wildman–Crippen LogP) is 3.89. The highest BCUT2D eigenvalue weighted by atomic mass is 16.5. The highest BCUT2D eigenvalue weighted by Crippen LogP contribution is 2.37. The molecule has 0 amide bonds. The second-order valence-electron chi connectivity index (χ2n) is 7.24. The first-order valence-electron chi connectivity index (χ1n) is 8.07. The lowest BCUT2D eigenvalue weighted by atomic mass is 9.71. The summed E-state index contributed by atoms with van der Waals surface area (Å²) in [5, 5.41) is 0. The normalized spacial score (nSPS) is 18.3. The minimum Gasteiger partial charge on any atom is -0.461 e. The first-order valence-corrected chi connectivity index (χ1v) is 8.07. The first-order chi connectivity index (χ1) is 10.4. The van der Waals surface area contributed by atoms with Crippen LogP contribution in [0.25, 0.3) is 11.0 Å². The summed E-state index contributed by atoms with van der Waals surface area (Å²) in [5.74, 6) is 0.366. The van der Waals surface area contributed by atoms with Gasteiger partial charge < -0.3 is 9.72 Å². The fraction of sp³-hybridized carbons (Fsp3) is 0.556. The molecule has 2 heterocycles. The Kier molecular flexibility index (Phi) is 3.71. The molecule has 0 saturated heterocycles. The molecular weight excluding hydrogens is 276 g/mol. The van der Waals surface area contributed by atoms with Gasteiger partial charge in [0.1, 0.15) is 5.69 Å². The minimum absolute atomic E-state index is 0.314. The van der Waals surface area contributed by atoms with E-state index in [0.29, 0.717) is 23.6 Å². The molecule has 2 aromatic rings. The van der Waals surface area contributed by atoms with Crippen molar-refractivity contribution in [3.8, 4) is 0 Å². The standard InChI is InChI=1S/C18H24N2O2/c1-5-22-17(21)16-10-15-14(20-16)9-11-8-12(18(2,3)4)6-7-13(11)19-15/h9-10,12,20H,5-8H2,1-4H3/t12-/m1/s1. The number of esters is 1. The van der Waals surface area contributed by atoms with E-state index in [9.17, 15) is 4.79 Å². The third kappa shape index (κ3) is 2.74. The molecule has 2 aromatic heterocycles. The first kappa shape index (κ1) is 15.1. The summed E-state index contributed by atoms with van der Waals surface area (Å²) in [5.41, 5.74) is 5.09. The molecule has 0 fully saturated rings. The van der Waals surface area contributed by atoms with Crippen LogP contribution in [-0.4, -0.2) is 22.5 Å². The van der Waals surface area contributed by atoms with E-state index >= 15 is 0 Å². The fourth-order valence-corrected chi connectivity index (χ4v) is 3.27. The molecule has 1 atom stereocenters. The quantitative estimate of drug-likeness (QED) is 0.856. The van der Waals surface area contributed by atoms with Gasteiger partial charge in [0.25, 0.3) is 0 Å². The summed E-state index contributed by atoms with van der Waals surface area (Å²) in [6, 6.07) is 3.96. The van der Waals surface area contributed by atoms with E-state index in [0.717, 1.165) is 23.9 Å². The number of nitrogens with zero attached hydrogens (tertiary/aromatic N) is 1. The Morgan fingerprint density at radius 3 is 2.86 bits per heavy atom. The molecule has 1 aliphatic carbocycles. The van der Waals surface area contributed by atoms with Gasteiger partial charge in [-0.25, -0.2) is 4.79 Å². The molecule has 0 unspecified atom stereocenters. The molecule has 0 saturated carbocycles. The zero-order chi connectivity index (χ0) is 15.9. The Labute approximate surface area is 131 Å². The number of carbonyl (C=O) groups excluding carboxylic acids is 1. The molecule has 0 spiro atoms. The maximum absolute atomic E-state index is 11.8. The van der Waals surface area contributed by atoms with Crippen molar-refractivity contribution in [1.82, 2.24) is 9.97 Å². The average molecular weight is 300 g/mol. The van der Waals surface area contributed by atoms with E-state index in [1.165, 1.54) is 17.7 Å². The van der Waals surface area contributed by atoms with Gasteiger partial charge in [-0.2, -0.15) is 0 Å². The van der Waals surface area contributed by atoms with Gasteiger partial charge in [-0.05, 0) is 55.2 Å². The number of nitrogens with one attached hydrogen (secondary N) is 1. The lowest BCUT2D eigenvalue weighted by Gasteiger charge is -2.34. The molecule has 1 aliphatic rings. The molecule has 3 rings (SSSR count). The summed E-state index contributed by atoms with van der Waals surface area (Å²) in [7, 11) is 0. The van der Waals surface area contributed by atoms with Gasteiger partial charge in [-0.3, -0.25) is 4.98 Å². The van der Waals surface area contributed by atoms with Gasteiger partial charge in [-0.1, -0.05) is 20.8 Å². The van der Waals surface area contributed by atoms with E-state index in [1.54, 1.807) is 6.07 Å². The third-order valence-electron chi connectivity index (χ3n) is 4.69. The van der Waals surface area contributed by atoms with E-state index in [1.807, 2.05) is 6.92 Å². The predicted molar refractivity (Wildman–Crippen MR) is 87.0 cm³/mol. The number of rotatable bonds is 2. The maximum atomic E-state index is 11.8. The van der Waals surface area contributed by atoms with Crippen LogP contribution in [0.3, 0.4) is 0 Å². The van der Waals surface area contributed by atoms with E-state index in [2.05, 4.69) is 31.8 Å². The van der Waals surface area contributed by atoms with Crippen molar-refractivity contribution in [2.24, 2.45) is 11.3 Å². The second-order valence-corrected chi connectivity index (χ2v) is 7.24. The van der Waals surface area contributed by atoms with Crippen LogP contribution < -0.4 is 0 Å². The second kappa shape index (κ2) is 5.41. The van der Waals surface area contributed by atoms with Crippen molar-refractivity contribution in [2.75, 3.05) is 6.61 Å². The van der Waals surface area contributed by atoms with Crippen LogP contribution >= 0.6 is 0 Å². The Morgan fingerprint density at radius 1 is 1.41 bits per heavy atom. The van der Waals surface area contributed by atoms with Crippen molar-refractivity contribution >= 4 is 17.0 Å². The van der Waals surface area contributed by atoms with E-state index < -0.39 is 0 Å². The Hall–Kier alpha value is -1.84. The van der Waals surface area contributed by atoms with Crippen molar-refractivity contribution in [3.63, 3.8) is 0 Å². The lowest BCUT2D eigenvalue weighted by Crippen LogP contribution is -2.27. The topological polar surface area (TPSA) is 55.0 Å². The molecule has 4 nitrogen and oxygen atoms in total. The highest BCUT2D eigenvalue weighted by Gasteiger charge is 2.29. The summed E-state index contributed by atoms with van der Waals surface area (Å²) in [6.07, 6.45) is 3.27. The Balaban J connectivity index is 1.95. The maximum Gasteiger partial charge on any atom is 0.354 e. The summed E-state index contributed by atoms with van der Waals surface area (Å²) >= 11 is 0. The molecule has 0 aliphatic heterocycles. The Morgan fingerprint density at radius 2 is 2.18 bits per heavy atom. The molecule has 22 heavy (non-hydrogen) atoms. The molecule has 1 N–H and O–H groups in total. The smallest absolute Gasteiger partial charge is 0.354 e. The van der Waals surface area contributed by atoms with Crippen LogP contribution in [0.2, 0.25) is 0 Å². The van der Waals surface area contributed by atoms with Crippen LogP contribution in [0.5, 0.6) is 0 Å². The number of fused-ring (bicyclic) bond motifs is 2. The zero-order valence-electron chi connectivity index (χ0n) is 13.8. The highest BCUT2D eigenvalue weighted by molar-refractivity contribution is 5.93. The Bertz CT molecular complexity index is 710. The van der Waals surface area contributed by atoms with Crippen molar-refractivity contribution in [3.05, 3.63) is 29.1 Å². The van der Waals surface area contributed by atoms with Gasteiger partial charge in [0.2, 0.25) is 0 Å². The number of hydrogen-bond acceptors (Lipinski definition) is 3. The number of ether oxygens (including phenoxy) is 1. The minimum atomic E-state index is -0.314. The van der Waals surface area contributed by atoms with Gasteiger partial charge in [-0.15, -0.1) is 0 Å². The van der Waals surface area contributed by atoms with Crippen LogP contribution in [0.15, 0.2) is 12.1 Å². The van der Waals surface area contributed by atoms with Gasteiger partial charge in [0.05, 0.1) is 17.6 Å². The zero-order valence-corrected chi connectivity index (χ0v) is 13.8. The number of aryl methyl sites for hydroxylation is 1. The van der Waals surface area contributed by atoms with Crippen LogP contribution in [0.1, 0.15) is 55.9 Å². The number of hydrogen-bond donors (Lipinski definition) is 1. The number of pyridine rings is 1. The summed E-state index contributed by atoms with van der Waals surface area (Å²) < 4.78 is 5.05. The monoisotopic (exact) mass is 300 g/mol. The van der Waals surface area contributed by atoms with Crippen LogP contribution in [-0.2, 0) is 17.6 Å². The van der Waals surface area contributed by atoms with Gasteiger partial charge in [0.15, 0.2) is 0 Å². The fourth-order valence-electron chi connectivity index (χ4n) is 3.27. The van der Waals surface area contributed by atoms with Crippen molar-refractivity contribution < 1.29 is 9.53 Å².